The lowest BCUT2D eigenvalue weighted by atomic mass is 9.97. The van der Waals surface area contributed by atoms with Gasteiger partial charge < -0.3 is 45.3 Å². The first kappa shape index (κ1) is 34.6. The van der Waals surface area contributed by atoms with E-state index >= 15 is 0 Å². The molecule has 0 spiro atoms. The van der Waals surface area contributed by atoms with E-state index in [0.29, 0.717) is 34.3 Å². The Bertz CT molecular complexity index is 1460. The van der Waals surface area contributed by atoms with E-state index in [-0.39, 0.29) is 0 Å². The molecular weight excluding hydrogens is 614 g/mol. The highest BCUT2D eigenvalue weighted by atomic mass is 32.2. The van der Waals surface area contributed by atoms with Gasteiger partial charge in [-0.25, -0.2) is 8.78 Å². The highest BCUT2D eigenvalue weighted by molar-refractivity contribution is 7.95. The number of rotatable bonds is 13. The number of aliphatic hydroxyl groups excluding tert-OH is 6. The van der Waals surface area contributed by atoms with Gasteiger partial charge in [-0.05, 0) is 42.3 Å². The minimum absolute atomic E-state index is 0.299. The maximum absolute atomic E-state index is 13.7. The first-order valence-corrected chi connectivity index (χ1v) is 14.8. The lowest BCUT2D eigenvalue weighted by Crippen LogP contribution is -2.57. The Labute approximate surface area is 262 Å². The molecule has 0 aliphatic carbocycles. The number of ether oxygens (including phenoxy) is 1. The standard InChI is InChI=1S/C30H36F2N4O8S/c1-16(39)26(36-13-20(12-35-36)18-5-3-7-22(32)9-18)28(41)24(15-38)44-45-30-29(42)25(27(40)23(14-37)43-30)34-11-19(10-33)17-4-2-6-21(31)8-17/h2-13,16,23-30,37-42H,14-15,33H2,1H3/b19-10+,34-11?. The van der Waals surface area contributed by atoms with E-state index in [2.05, 4.69) is 10.1 Å². The van der Waals surface area contributed by atoms with Crippen LogP contribution in [0.4, 0.5) is 8.78 Å². The van der Waals surface area contributed by atoms with Crippen LogP contribution in [0.3, 0.4) is 0 Å². The summed E-state index contributed by atoms with van der Waals surface area (Å²) in [7, 11) is 0. The molecule has 0 radical (unpaired) electrons. The zero-order valence-corrected chi connectivity index (χ0v) is 24.9. The quantitative estimate of drug-likeness (QED) is 0.103. The molecule has 4 rings (SSSR count). The van der Waals surface area contributed by atoms with E-state index in [1.807, 2.05) is 0 Å². The third kappa shape index (κ3) is 8.32. The maximum Gasteiger partial charge on any atom is 0.157 e. The summed E-state index contributed by atoms with van der Waals surface area (Å²) < 4.78 is 40.0. The molecule has 0 bridgehead atoms. The minimum Gasteiger partial charge on any atom is -0.404 e. The molecule has 8 N–H and O–H groups in total. The summed E-state index contributed by atoms with van der Waals surface area (Å²) in [5, 5.41) is 67.6. The number of hydrogen-bond acceptors (Lipinski definition) is 12. The van der Waals surface area contributed by atoms with Crippen molar-refractivity contribution in [3.63, 3.8) is 0 Å². The molecule has 1 saturated heterocycles. The van der Waals surface area contributed by atoms with Crippen molar-refractivity contribution < 1.29 is 48.3 Å². The van der Waals surface area contributed by atoms with Gasteiger partial charge in [0.2, 0.25) is 0 Å². The molecule has 1 aliphatic heterocycles. The molecule has 9 unspecified atom stereocenters. The van der Waals surface area contributed by atoms with Gasteiger partial charge in [0, 0.05) is 41.8 Å². The van der Waals surface area contributed by atoms with Crippen molar-refractivity contribution in [2.45, 2.75) is 61.1 Å². The van der Waals surface area contributed by atoms with E-state index in [1.165, 1.54) is 72.8 Å². The summed E-state index contributed by atoms with van der Waals surface area (Å²) >= 11 is 0.528. The molecule has 1 fully saturated rings. The van der Waals surface area contributed by atoms with Crippen LogP contribution in [0, 0.1) is 11.6 Å². The number of nitrogens with zero attached hydrogens (tertiary/aromatic N) is 3. The lowest BCUT2D eigenvalue weighted by Gasteiger charge is -2.40. The number of benzene rings is 2. The molecule has 9 atom stereocenters. The van der Waals surface area contributed by atoms with Crippen molar-refractivity contribution in [3.8, 4) is 11.1 Å². The van der Waals surface area contributed by atoms with Gasteiger partial charge in [-0.15, -0.1) is 0 Å². The minimum atomic E-state index is -1.54. The highest BCUT2D eigenvalue weighted by Gasteiger charge is 2.45. The zero-order valence-electron chi connectivity index (χ0n) is 24.1. The molecule has 0 saturated carbocycles. The van der Waals surface area contributed by atoms with Gasteiger partial charge in [0.25, 0.3) is 0 Å². The van der Waals surface area contributed by atoms with Crippen LogP contribution in [0.1, 0.15) is 18.5 Å². The first-order chi connectivity index (χ1) is 21.6. The molecule has 15 heteroatoms. The average molecular weight is 651 g/mol. The number of hydrogen-bond donors (Lipinski definition) is 7. The third-order valence-electron chi connectivity index (χ3n) is 7.32. The van der Waals surface area contributed by atoms with Gasteiger partial charge in [-0.1, -0.05) is 24.3 Å². The predicted octanol–water partition coefficient (Wildman–Crippen LogP) is 1.02. The smallest absolute Gasteiger partial charge is 0.157 e. The van der Waals surface area contributed by atoms with Gasteiger partial charge in [0.05, 0.1) is 25.5 Å². The molecule has 3 aromatic rings. The highest BCUT2D eigenvalue weighted by Crippen LogP contribution is 2.33. The van der Waals surface area contributed by atoms with Crippen molar-refractivity contribution in [1.82, 2.24) is 9.78 Å². The van der Waals surface area contributed by atoms with Gasteiger partial charge in [0.15, 0.2) is 5.44 Å². The van der Waals surface area contributed by atoms with Crippen molar-refractivity contribution in [2.75, 3.05) is 13.2 Å². The Morgan fingerprint density at radius 1 is 1.11 bits per heavy atom. The number of aromatic nitrogens is 2. The average Bonchev–Trinajstić information content (AvgIpc) is 3.49. The monoisotopic (exact) mass is 650 g/mol. The van der Waals surface area contributed by atoms with E-state index in [0.717, 1.165) is 0 Å². The third-order valence-corrected chi connectivity index (χ3v) is 8.25. The summed E-state index contributed by atoms with van der Waals surface area (Å²) in [4.78, 5) is 4.25. The zero-order chi connectivity index (χ0) is 32.7. The number of aliphatic imine (C=N–C) groups is 1. The molecule has 1 aromatic heterocycles. The molecule has 2 heterocycles. The summed E-state index contributed by atoms with van der Waals surface area (Å²) in [6, 6.07) is 9.02. The second kappa shape index (κ2) is 15.8. The van der Waals surface area contributed by atoms with Crippen LogP contribution in [0.15, 0.2) is 72.1 Å². The topological polar surface area (TPSA) is 196 Å². The van der Waals surface area contributed by atoms with Crippen LogP contribution in [-0.2, 0) is 8.92 Å². The number of allylic oxidation sites excluding steroid dienone is 1. The van der Waals surface area contributed by atoms with Crippen LogP contribution < -0.4 is 5.73 Å². The maximum atomic E-state index is 13.7. The fourth-order valence-electron chi connectivity index (χ4n) is 4.89. The second-order valence-corrected chi connectivity index (χ2v) is 11.3. The Kier molecular flexibility index (Phi) is 12.2. The molecule has 0 amide bonds. The van der Waals surface area contributed by atoms with E-state index < -0.39 is 79.0 Å². The Balaban J connectivity index is 1.48. The van der Waals surface area contributed by atoms with Crippen molar-refractivity contribution in [3.05, 3.63) is 84.3 Å². The van der Waals surface area contributed by atoms with Crippen LogP contribution in [0.5, 0.6) is 0 Å². The van der Waals surface area contributed by atoms with Crippen molar-refractivity contribution >= 4 is 23.8 Å². The number of nitrogens with two attached hydrogens (primary N) is 1. The largest absolute Gasteiger partial charge is 0.404 e. The molecule has 12 nitrogen and oxygen atoms in total. The molecule has 45 heavy (non-hydrogen) atoms. The van der Waals surface area contributed by atoms with E-state index in [4.69, 9.17) is 14.7 Å². The van der Waals surface area contributed by atoms with Gasteiger partial charge in [-0.3, -0.25) is 9.67 Å². The molecule has 244 valence electrons. The number of aliphatic hydroxyl groups is 6. The van der Waals surface area contributed by atoms with Crippen LogP contribution in [0.25, 0.3) is 16.7 Å². The Morgan fingerprint density at radius 2 is 1.82 bits per heavy atom. The summed E-state index contributed by atoms with van der Waals surface area (Å²) in [6.07, 6.45) is -2.84. The normalized spacial score (nSPS) is 25.3. The number of halogens is 2. The van der Waals surface area contributed by atoms with E-state index in [1.54, 1.807) is 12.1 Å². The van der Waals surface area contributed by atoms with Crippen LogP contribution in [0.2, 0.25) is 0 Å². The van der Waals surface area contributed by atoms with Crippen molar-refractivity contribution in [2.24, 2.45) is 10.7 Å². The fraction of sp³-hybridized carbons (Fsp3) is 0.400. The summed E-state index contributed by atoms with van der Waals surface area (Å²) in [6.45, 7) is 0.0599. The van der Waals surface area contributed by atoms with E-state index in [9.17, 15) is 39.4 Å². The SMILES string of the molecule is CC(O)C(C(O)C(CO)OSC1OC(CO)C(O)C(N=C/C(=C\N)c2cccc(F)c2)C1O)n1cc(-c2cccc(F)c2)cn1. The second-order valence-electron chi connectivity index (χ2n) is 10.5. The molecule has 1 aliphatic rings. The first-order valence-electron chi connectivity index (χ1n) is 14.0. The fourth-order valence-corrected chi connectivity index (χ4v) is 5.78. The predicted molar refractivity (Wildman–Crippen MR) is 163 cm³/mol. The van der Waals surface area contributed by atoms with Gasteiger partial charge in [-0.2, -0.15) is 5.10 Å². The van der Waals surface area contributed by atoms with Crippen molar-refractivity contribution in [1.29, 1.82) is 0 Å². The van der Waals surface area contributed by atoms with Gasteiger partial charge in [0.1, 0.15) is 54.2 Å². The van der Waals surface area contributed by atoms with Crippen LogP contribution >= 0.6 is 12.0 Å². The Hall–Kier alpha value is -3.25. The summed E-state index contributed by atoms with van der Waals surface area (Å²) in [5.41, 5.74) is 6.18. The molecule has 2 aromatic carbocycles. The molecular formula is C30H36F2N4O8S. The summed E-state index contributed by atoms with van der Waals surface area (Å²) in [5.74, 6) is -0.949. The Morgan fingerprint density at radius 3 is 2.44 bits per heavy atom. The van der Waals surface area contributed by atoms with Gasteiger partial charge >= 0.3 is 0 Å². The van der Waals surface area contributed by atoms with Crippen LogP contribution in [-0.4, -0.2) is 108 Å². The lowest BCUT2D eigenvalue weighted by molar-refractivity contribution is -0.161.